The highest BCUT2D eigenvalue weighted by molar-refractivity contribution is 14.0. The highest BCUT2D eigenvalue weighted by Crippen LogP contribution is 2.18. The molecule has 0 aliphatic heterocycles. The molecule has 1 aliphatic carbocycles. The molecule has 0 bridgehead atoms. The highest BCUT2D eigenvalue weighted by Gasteiger charge is 2.23. The fraction of sp³-hybridized carbons (Fsp3) is 0.692. The summed E-state index contributed by atoms with van der Waals surface area (Å²) in [5, 5.41) is 3.35. The van der Waals surface area contributed by atoms with Crippen LogP contribution in [0.1, 0.15) is 19.8 Å². The van der Waals surface area contributed by atoms with Crippen molar-refractivity contribution in [2.45, 2.75) is 25.8 Å². The summed E-state index contributed by atoms with van der Waals surface area (Å²) < 4.78 is 0. The van der Waals surface area contributed by atoms with Crippen LogP contribution >= 0.6 is 24.0 Å². The van der Waals surface area contributed by atoms with E-state index in [0.29, 0.717) is 6.04 Å². The molecule has 1 N–H and O–H groups in total. The van der Waals surface area contributed by atoms with Crippen LogP contribution in [0.3, 0.4) is 0 Å². The summed E-state index contributed by atoms with van der Waals surface area (Å²) in [7, 11) is 5.44. The molecule has 6 heteroatoms. The van der Waals surface area contributed by atoms with Crippen molar-refractivity contribution in [2.75, 3.05) is 34.2 Å². The van der Waals surface area contributed by atoms with E-state index in [4.69, 9.17) is 0 Å². The van der Waals surface area contributed by atoms with Gasteiger partial charge in [-0.2, -0.15) is 0 Å². The van der Waals surface area contributed by atoms with E-state index < -0.39 is 0 Å². The Kier molecular flexibility index (Phi) is 8.05. The lowest BCUT2D eigenvalue weighted by atomic mass is 10.3. The number of nitrogens with one attached hydrogen (secondary N) is 1. The molecule has 0 saturated heterocycles. The van der Waals surface area contributed by atoms with Gasteiger partial charge in [-0.15, -0.1) is 24.0 Å². The van der Waals surface area contributed by atoms with Crippen molar-refractivity contribution < 1.29 is 4.79 Å². The Labute approximate surface area is 133 Å². The largest absolute Gasteiger partial charge is 0.353 e. The van der Waals surface area contributed by atoms with E-state index in [1.807, 2.05) is 18.9 Å². The second-order valence-electron chi connectivity index (χ2n) is 5.16. The smallest absolute Gasteiger partial charge is 0.243 e. The van der Waals surface area contributed by atoms with E-state index in [1.165, 1.54) is 12.8 Å². The van der Waals surface area contributed by atoms with Crippen LogP contribution in [0, 0.1) is 0 Å². The van der Waals surface area contributed by atoms with Gasteiger partial charge in [0, 0.05) is 33.7 Å². The number of hydrogen-bond acceptors (Lipinski definition) is 2. The van der Waals surface area contributed by atoms with Gasteiger partial charge >= 0.3 is 0 Å². The number of likely N-dealkylation sites (N-methyl/N-ethyl adjacent to an activating group) is 2. The summed E-state index contributed by atoms with van der Waals surface area (Å²) >= 11 is 0. The van der Waals surface area contributed by atoms with Gasteiger partial charge in [0.1, 0.15) is 6.54 Å². The molecule has 1 fully saturated rings. The Morgan fingerprint density at radius 1 is 1.37 bits per heavy atom. The van der Waals surface area contributed by atoms with Gasteiger partial charge in [0.2, 0.25) is 5.91 Å². The van der Waals surface area contributed by atoms with E-state index in [0.717, 1.165) is 18.1 Å². The summed E-state index contributed by atoms with van der Waals surface area (Å²) in [4.78, 5) is 19.5. The number of halogens is 1. The maximum atomic E-state index is 11.5. The lowest BCUT2D eigenvalue weighted by Crippen LogP contribution is -2.41. The molecule has 0 aromatic rings. The van der Waals surface area contributed by atoms with Crippen molar-refractivity contribution in [3.8, 4) is 0 Å². The number of aliphatic imine (C=N–C) groups is 1. The lowest BCUT2D eigenvalue weighted by Gasteiger charge is -2.22. The van der Waals surface area contributed by atoms with Crippen LogP contribution in [0.25, 0.3) is 0 Å². The number of amides is 1. The lowest BCUT2D eigenvalue weighted by molar-refractivity contribution is -0.127. The molecule has 1 saturated carbocycles. The fourth-order valence-electron chi connectivity index (χ4n) is 1.45. The Balaban J connectivity index is 0.00000324. The number of hydrogen-bond donors (Lipinski definition) is 1. The van der Waals surface area contributed by atoms with Crippen LogP contribution < -0.4 is 5.32 Å². The standard InChI is InChI=1S/C13H24N4O.HI/c1-10(2)9-17(5)13(15-11-6-7-11)14-8-12(18)16(3)4;/h11H,1,6-9H2,2-5H3,(H,14,15);1H. The molecule has 0 unspecified atom stereocenters. The summed E-state index contributed by atoms with van der Waals surface area (Å²) in [5.41, 5.74) is 1.07. The predicted molar refractivity (Wildman–Crippen MR) is 90.0 cm³/mol. The maximum absolute atomic E-state index is 11.5. The first-order valence-electron chi connectivity index (χ1n) is 6.26. The molecule has 1 rings (SSSR count). The molecular formula is C13H25IN4O. The van der Waals surface area contributed by atoms with E-state index in [9.17, 15) is 4.79 Å². The van der Waals surface area contributed by atoms with Crippen molar-refractivity contribution in [2.24, 2.45) is 4.99 Å². The van der Waals surface area contributed by atoms with Crippen LogP contribution in [0.4, 0.5) is 0 Å². The van der Waals surface area contributed by atoms with Gasteiger partial charge in [-0.1, -0.05) is 12.2 Å². The highest BCUT2D eigenvalue weighted by atomic mass is 127. The molecule has 0 spiro atoms. The third kappa shape index (κ3) is 7.39. The van der Waals surface area contributed by atoms with Crippen LogP contribution in [0.15, 0.2) is 17.1 Å². The molecule has 19 heavy (non-hydrogen) atoms. The maximum Gasteiger partial charge on any atom is 0.243 e. The summed E-state index contributed by atoms with van der Waals surface area (Å²) in [6.45, 7) is 6.81. The zero-order chi connectivity index (χ0) is 13.7. The Morgan fingerprint density at radius 2 is 1.95 bits per heavy atom. The summed E-state index contributed by atoms with van der Waals surface area (Å²) in [6, 6.07) is 0.519. The van der Waals surface area contributed by atoms with Crippen molar-refractivity contribution in [1.29, 1.82) is 0 Å². The van der Waals surface area contributed by atoms with Crippen LogP contribution in [0.5, 0.6) is 0 Å². The SMILES string of the molecule is C=C(C)CN(C)C(=NCC(=O)N(C)C)NC1CC1.I. The number of carbonyl (C=O) groups is 1. The minimum atomic E-state index is 0. The van der Waals surface area contributed by atoms with Gasteiger partial charge in [-0.3, -0.25) is 4.79 Å². The third-order valence-electron chi connectivity index (χ3n) is 2.64. The minimum absolute atomic E-state index is 0. The van der Waals surface area contributed by atoms with Gasteiger partial charge in [0.15, 0.2) is 5.96 Å². The van der Waals surface area contributed by atoms with E-state index in [1.54, 1.807) is 19.0 Å². The predicted octanol–water partition coefficient (Wildman–Crippen LogP) is 1.31. The minimum Gasteiger partial charge on any atom is -0.353 e. The molecule has 1 aliphatic rings. The van der Waals surface area contributed by atoms with Gasteiger partial charge in [-0.25, -0.2) is 4.99 Å². The number of carbonyl (C=O) groups excluding carboxylic acids is 1. The van der Waals surface area contributed by atoms with Crippen molar-refractivity contribution >= 4 is 35.8 Å². The second-order valence-corrected chi connectivity index (χ2v) is 5.16. The fourth-order valence-corrected chi connectivity index (χ4v) is 1.45. The van der Waals surface area contributed by atoms with Crippen LogP contribution in [-0.4, -0.2) is 61.9 Å². The quantitative estimate of drug-likeness (QED) is 0.339. The monoisotopic (exact) mass is 380 g/mol. The molecule has 0 atom stereocenters. The summed E-state index contributed by atoms with van der Waals surface area (Å²) in [6.07, 6.45) is 2.36. The average Bonchev–Trinajstić information content (AvgIpc) is 3.05. The Hall–Kier alpha value is -0.790. The molecule has 0 aromatic heterocycles. The first-order chi connectivity index (χ1) is 8.40. The average molecular weight is 380 g/mol. The van der Waals surface area contributed by atoms with E-state index >= 15 is 0 Å². The Bertz CT molecular complexity index is 351. The van der Waals surface area contributed by atoms with Crippen molar-refractivity contribution in [1.82, 2.24) is 15.1 Å². The molecule has 1 amide bonds. The first-order valence-corrected chi connectivity index (χ1v) is 6.26. The molecule has 0 radical (unpaired) electrons. The number of rotatable bonds is 5. The molecule has 0 aromatic carbocycles. The zero-order valence-corrected chi connectivity index (χ0v) is 14.6. The second kappa shape index (κ2) is 8.39. The summed E-state index contributed by atoms with van der Waals surface area (Å²) in [5.74, 6) is 0.796. The van der Waals surface area contributed by atoms with Gasteiger partial charge in [0.05, 0.1) is 0 Å². The first kappa shape index (κ1) is 18.2. The molecule has 110 valence electrons. The molecule has 0 heterocycles. The molecule has 5 nitrogen and oxygen atoms in total. The molecular weight excluding hydrogens is 355 g/mol. The van der Waals surface area contributed by atoms with E-state index in [-0.39, 0.29) is 36.4 Å². The van der Waals surface area contributed by atoms with E-state index in [2.05, 4.69) is 16.9 Å². The van der Waals surface area contributed by atoms with Gasteiger partial charge in [0.25, 0.3) is 0 Å². The Morgan fingerprint density at radius 3 is 2.37 bits per heavy atom. The third-order valence-corrected chi connectivity index (χ3v) is 2.64. The van der Waals surface area contributed by atoms with Crippen molar-refractivity contribution in [3.63, 3.8) is 0 Å². The van der Waals surface area contributed by atoms with Crippen molar-refractivity contribution in [3.05, 3.63) is 12.2 Å². The number of guanidine groups is 1. The van der Waals surface area contributed by atoms with Gasteiger partial charge < -0.3 is 15.1 Å². The van der Waals surface area contributed by atoms with Crippen LogP contribution in [0.2, 0.25) is 0 Å². The number of nitrogens with zero attached hydrogens (tertiary/aromatic N) is 3. The zero-order valence-electron chi connectivity index (χ0n) is 12.3. The van der Waals surface area contributed by atoms with Gasteiger partial charge in [-0.05, 0) is 19.8 Å². The normalized spacial score (nSPS) is 14.4. The topological polar surface area (TPSA) is 47.9 Å². The van der Waals surface area contributed by atoms with Crippen LogP contribution in [-0.2, 0) is 4.79 Å².